The van der Waals surface area contributed by atoms with E-state index in [0.717, 1.165) is 24.0 Å². The number of amides is 2. The van der Waals surface area contributed by atoms with Gasteiger partial charge in [-0.25, -0.2) is 0 Å². The highest BCUT2D eigenvalue weighted by molar-refractivity contribution is 6.05. The molecule has 1 heterocycles. The Morgan fingerprint density at radius 2 is 1.67 bits per heavy atom. The molecule has 0 radical (unpaired) electrons. The van der Waals surface area contributed by atoms with Gasteiger partial charge in [0.25, 0.3) is 5.91 Å². The Labute approximate surface area is 176 Å². The molecule has 3 aromatic carbocycles. The van der Waals surface area contributed by atoms with E-state index in [1.165, 1.54) is 0 Å². The van der Waals surface area contributed by atoms with Crippen molar-refractivity contribution in [1.82, 2.24) is 0 Å². The van der Waals surface area contributed by atoms with Gasteiger partial charge in [-0.3, -0.25) is 9.59 Å². The fourth-order valence-electron chi connectivity index (χ4n) is 3.69. The molecule has 0 aromatic heterocycles. The molecule has 152 valence electrons. The third kappa shape index (κ3) is 4.20. The number of benzene rings is 3. The van der Waals surface area contributed by atoms with Gasteiger partial charge in [0, 0.05) is 24.2 Å². The van der Waals surface area contributed by atoms with Crippen LogP contribution in [0.3, 0.4) is 0 Å². The Balaban J connectivity index is 1.53. The van der Waals surface area contributed by atoms with Crippen LogP contribution in [0.2, 0.25) is 0 Å². The average Bonchev–Trinajstić information content (AvgIpc) is 2.80. The number of anilines is 2. The maximum Gasteiger partial charge on any atom is 0.255 e. The number of carbonyl (C=O) groups excluding carboxylic acids is 2. The van der Waals surface area contributed by atoms with Crippen LogP contribution in [0.5, 0.6) is 5.75 Å². The Bertz CT molecular complexity index is 1050. The molecule has 0 saturated carbocycles. The molecule has 4 rings (SSSR count). The lowest BCUT2D eigenvalue weighted by Gasteiger charge is -2.28. The number of rotatable bonds is 5. The summed E-state index contributed by atoms with van der Waals surface area (Å²) in [5.74, 6) is 0.505. The van der Waals surface area contributed by atoms with Crippen LogP contribution >= 0.6 is 0 Å². The molecule has 0 unspecified atom stereocenters. The summed E-state index contributed by atoms with van der Waals surface area (Å²) in [5, 5.41) is 2.93. The maximum absolute atomic E-state index is 12.7. The molecule has 1 N–H and O–H groups in total. The minimum atomic E-state index is -0.198. The van der Waals surface area contributed by atoms with Crippen molar-refractivity contribution in [3.8, 4) is 16.9 Å². The van der Waals surface area contributed by atoms with Crippen LogP contribution in [0.25, 0.3) is 11.1 Å². The van der Waals surface area contributed by atoms with E-state index in [4.69, 9.17) is 4.74 Å². The summed E-state index contributed by atoms with van der Waals surface area (Å²) in [5.41, 5.74) is 4.06. The van der Waals surface area contributed by atoms with E-state index in [0.29, 0.717) is 35.7 Å². The van der Waals surface area contributed by atoms with E-state index in [1.54, 1.807) is 30.2 Å². The number of hydrogen-bond donors (Lipinski definition) is 1. The van der Waals surface area contributed by atoms with Crippen molar-refractivity contribution in [2.24, 2.45) is 0 Å². The van der Waals surface area contributed by atoms with Crippen LogP contribution in [0, 0.1) is 0 Å². The standard InChI is InChI=1S/C25H24N2O3/c1-30-23-15-14-21(17-22(23)27-16-6-5-9-24(27)28)26-25(29)20-12-10-19(11-13-20)18-7-3-2-4-8-18/h2-4,7-8,10-15,17H,5-6,9,16H2,1H3,(H,26,29). The van der Waals surface area contributed by atoms with Crippen LogP contribution in [0.4, 0.5) is 11.4 Å². The summed E-state index contributed by atoms with van der Waals surface area (Å²) in [6, 6.07) is 22.9. The number of methoxy groups -OCH3 is 1. The highest BCUT2D eigenvalue weighted by atomic mass is 16.5. The second-order valence-corrected chi connectivity index (χ2v) is 7.29. The number of piperidine rings is 1. The second kappa shape index (κ2) is 8.82. The van der Waals surface area contributed by atoms with Gasteiger partial charge in [-0.15, -0.1) is 0 Å². The van der Waals surface area contributed by atoms with Gasteiger partial charge in [0.2, 0.25) is 5.91 Å². The molecule has 3 aromatic rings. The summed E-state index contributed by atoms with van der Waals surface area (Å²) in [4.78, 5) is 26.8. The zero-order valence-corrected chi connectivity index (χ0v) is 16.9. The van der Waals surface area contributed by atoms with Crippen molar-refractivity contribution in [2.75, 3.05) is 23.9 Å². The number of nitrogens with one attached hydrogen (secondary N) is 1. The zero-order valence-electron chi connectivity index (χ0n) is 16.9. The van der Waals surface area contributed by atoms with Crippen LogP contribution in [-0.2, 0) is 4.79 Å². The third-order valence-corrected chi connectivity index (χ3v) is 5.31. The molecular formula is C25H24N2O3. The summed E-state index contributed by atoms with van der Waals surface area (Å²) in [7, 11) is 1.58. The third-order valence-electron chi connectivity index (χ3n) is 5.31. The molecule has 5 heteroatoms. The Hall–Kier alpha value is -3.60. The molecule has 2 amide bonds. The normalized spacial score (nSPS) is 13.8. The summed E-state index contributed by atoms with van der Waals surface area (Å²) < 4.78 is 5.44. The second-order valence-electron chi connectivity index (χ2n) is 7.29. The quantitative estimate of drug-likeness (QED) is 0.646. The molecule has 30 heavy (non-hydrogen) atoms. The molecular weight excluding hydrogens is 376 g/mol. The van der Waals surface area contributed by atoms with Crippen molar-refractivity contribution in [2.45, 2.75) is 19.3 Å². The first-order valence-corrected chi connectivity index (χ1v) is 10.1. The predicted molar refractivity (Wildman–Crippen MR) is 119 cm³/mol. The van der Waals surface area contributed by atoms with Crippen LogP contribution < -0.4 is 15.0 Å². The highest BCUT2D eigenvalue weighted by Crippen LogP contribution is 2.33. The molecule has 0 bridgehead atoms. The van der Waals surface area contributed by atoms with E-state index in [2.05, 4.69) is 5.32 Å². The van der Waals surface area contributed by atoms with E-state index in [-0.39, 0.29) is 11.8 Å². The minimum Gasteiger partial charge on any atom is -0.495 e. The van der Waals surface area contributed by atoms with E-state index >= 15 is 0 Å². The molecule has 5 nitrogen and oxygen atoms in total. The van der Waals surface area contributed by atoms with Gasteiger partial charge in [-0.1, -0.05) is 42.5 Å². The van der Waals surface area contributed by atoms with E-state index in [1.807, 2.05) is 54.6 Å². The van der Waals surface area contributed by atoms with Crippen molar-refractivity contribution < 1.29 is 14.3 Å². The molecule has 1 fully saturated rings. The molecule has 1 saturated heterocycles. The number of carbonyl (C=O) groups is 2. The first-order valence-electron chi connectivity index (χ1n) is 10.1. The van der Waals surface area contributed by atoms with E-state index in [9.17, 15) is 9.59 Å². The van der Waals surface area contributed by atoms with Gasteiger partial charge < -0.3 is 15.0 Å². The van der Waals surface area contributed by atoms with Gasteiger partial charge >= 0.3 is 0 Å². The summed E-state index contributed by atoms with van der Waals surface area (Å²) in [6.07, 6.45) is 2.40. The van der Waals surface area contributed by atoms with Gasteiger partial charge in [-0.05, 0) is 54.3 Å². The van der Waals surface area contributed by atoms with Crippen molar-refractivity contribution in [1.29, 1.82) is 0 Å². The molecule has 0 aliphatic carbocycles. The predicted octanol–water partition coefficient (Wildman–Crippen LogP) is 5.13. The van der Waals surface area contributed by atoms with E-state index < -0.39 is 0 Å². The fraction of sp³-hybridized carbons (Fsp3) is 0.200. The lowest BCUT2D eigenvalue weighted by atomic mass is 10.0. The number of hydrogen-bond acceptors (Lipinski definition) is 3. The van der Waals surface area contributed by atoms with Crippen molar-refractivity contribution in [3.63, 3.8) is 0 Å². The SMILES string of the molecule is COc1ccc(NC(=O)c2ccc(-c3ccccc3)cc2)cc1N1CCCCC1=O. The Morgan fingerprint density at radius 1 is 0.933 bits per heavy atom. The lowest BCUT2D eigenvalue weighted by molar-refractivity contribution is -0.119. The Kier molecular flexibility index (Phi) is 5.80. The monoisotopic (exact) mass is 400 g/mol. The van der Waals surface area contributed by atoms with Crippen molar-refractivity contribution in [3.05, 3.63) is 78.4 Å². The number of ether oxygens (including phenoxy) is 1. The van der Waals surface area contributed by atoms with Crippen LogP contribution in [-0.4, -0.2) is 25.5 Å². The van der Waals surface area contributed by atoms with Gasteiger partial charge in [0.05, 0.1) is 12.8 Å². The molecule has 0 atom stereocenters. The first kappa shape index (κ1) is 19.7. The summed E-state index contributed by atoms with van der Waals surface area (Å²) >= 11 is 0. The Morgan fingerprint density at radius 3 is 2.37 bits per heavy atom. The molecule has 0 spiro atoms. The molecule has 1 aliphatic rings. The number of nitrogens with zero attached hydrogens (tertiary/aromatic N) is 1. The van der Waals surface area contributed by atoms with Gasteiger partial charge in [-0.2, -0.15) is 0 Å². The average molecular weight is 400 g/mol. The largest absolute Gasteiger partial charge is 0.495 e. The summed E-state index contributed by atoms with van der Waals surface area (Å²) in [6.45, 7) is 0.660. The van der Waals surface area contributed by atoms with Gasteiger partial charge in [0.15, 0.2) is 0 Å². The molecule has 1 aliphatic heterocycles. The first-order chi connectivity index (χ1) is 14.7. The van der Waals surface area contributed by atoms with Crippen LogP contribution in [0.1, 0.15) is 29.6 Å². The fourth-order valence-corrected chi connectivity index (χ4v) is 3.69. The topological polar surface area (TPSA) is 58.6 Å². The highest BCUT2D eigenvalue weighted by Gasteiger charge is 2.23. The van der Waals surface area contributed by atoms with Crippen LogP contribution in [0.15, 0.2) is 72.8 Å². The smallest absolute Gasteiger partial charge is 0.255 e. The van der Waals surface area contributed by atoms with Crippen molar-refractivity contribution >= 4 is 23.2 Å². The maximum atomic E-state index is 12.7. The lowest BCUT2D eigenvalue weighted by Crippen LogP contribution is -2.35. The zero-order chi connectivity index (χ0) is 20.9. The minimum absolute atomic E-state index is 0.0829. The van der Waals surface area contributed by atoms with Gasteiger partial charge in [0.1, 0.15) is 5.75 Å².